The van der Waals surface area contributed by atoms with E-state index in [4.69, 9.17) is 18.0 Å². The molecule has 110 valence electrons. The summed E-state index contributed by atoms with van der Waals surface area (Å²) in [6.45, 7) is 0.0231. The van der Waals surface area contributed by atoms with Gasteiger partial charge in [0.1, 0.15) is 4.99 Å². The molecular weight excluding hydrogens is 292 g/mol. The average molecular weight is 306 g/mol. The molecule has 1 aliphatic heterocycles. The molecule has 0 atom stereocenters. The fourth-order valence-electron chi connectivity index (χ4n) is 1.93. The fraction of sp³-hybridized carbons (Fsp3) is 0.231. The molecule has 3 amide bonds. The molecule has 1 heterocycles. The van der Waals surface area contributed by atoms with Crippen molar-refractivity contribution in [3.05, 3.63) is 29.8 Å². The second kappa shape index (κ2) is 6.42. The highest BCUT2D eigenvalue weighted by Gasteiger charge is 2.23. The molecule has 1 aliphatic rings. The van der Waals surface area contributed by atoms with Crippen LogP contribution in [0.2, 0.25) is 0 Å². The molecule has 0 bridgehead atoms. The van der Waals surface area contributed by atoms with Crippen LogP contribution < -0.4 is 16.4 Å². The Balaban J connectivity index is 1.90. The minimum atomic E-state index is -0.403. The van der Waals surface area contributed by atoms with Gasteiger partial charge in [0.25, 0.3) is 0 Å². The largest absolute Gasteiger partial charge is 0.389 e. The third-order valence-corrected chi connectivity index (χ3v) is 3.07. The van der Waals surface area contributed by atoms with Gasteiger partial charge < -0.3 is 11.1 Å². The fourth-order valence-corrected chi connectivity index (χ4v) is 2.07. The van der Waals surface area contributed by atoms with Gasteiger partial charge in [0, 0.05) is 11.3 Å². The number of nitrogens with one attached hydrogen (secondary N) is 2. The highest BCUT2D eigenvalue weighted by atomic mass is 32.1. The molecule has 0 aliphatic carbocycles. The lowest BCUT2D eigenvalue weighted by Gasteiger charge is -2.24. The van der Waals surface area contributed by atoms with E-state index in [1.807, 2.05) is 0 Å². The Bertz CT molecular complexity index is 584. The number of carbonyl (C=O) groups excluding carboxylic acids is 3. The molecule has 7 nitrogen and oxygen atoms in total. The molecule has 1 aromatic carbocycles. The summed E-state index contributed by atoms with van der Waals surface area (Å²) in [5.74, 6) is -1.11. The van der Waals surface area contributed by atoms with Gasteiger partial charge in [-0.3, -0.25) is 24.6 Å². The van der Waals surface area contributed by atoms with E-state index < -0.39 is 11.8 Å². The van der Waals surface area contributed by atoms with E-state index in [-0.39, 0.29) is 30.5 Å². The topological polar surface area (TPSA) is 105 Å². The third-order valence-electron chi connectivity index (χ3n) is 2.83. The van der Waals surface area contributed by atoms with Gasteiger partial charge in [-0.25, -0.2) is 0 Å². The van der Waals surface area contributed by atoms with Crippen molar-refractivity contribution in [2.24, 2.45) is 5.73 Å². The van der Waals surface area contributed by atoms with Gasteiger partial charge in [0.05, 0.1) is 19.6 Å². The second-order valence-corrected chi connectivity index (χ2v) is 5.05. The van der Waals surface area contributed by atoms with Crippen molar-refractivity contribution in [2.45, 2.75) is 0 Å². The summed E-state index contributed by atoms with van der Waals surface area (Å²) in [5.41, 5.74) is 6.78. The highest BCUT2D eigenvalue weighted by molar-refractivity contribution is 7.80. The number of anilines is 1. The lowest BCUT2D eigenvalue weighted by Crippen LogP contribution is -2.53. The first kappa shape index (κ1) is 15.1. The number of hydrogen-bond acceptors (Lipinski definition) is 5. The highest BCUT2D eigenvalue weighted by Crippen LogP contribution is 2.09. The number of imide groups is 1. The van der Waals surface area contributed by atoms with Crippen molar-refractivity contribution in [1.29, 1.82) is 0 Å². The minimum Gasteiger partial charge on any atom is -0.389 e. The predicted octanol–water partition coefficient (Wildman–Crippen LogP) is -0.782. The molecule has 0 radical (unpaired) electrons. The number of nitrogens with two attached hydrogens (primary N) is 1. The summed E-state index contributed by atoms with van der Waals surface area (Å²) in [6.07, 6.45) is 0. The maximum atomic E-state index is 11.9. The number of piperazine rings is 1. The van der Waals surface area contributed by atoms with Crippen LogP contribution in [0.1, 0.15) is 5.56 Å². The summed E-state index contributed by atoms with van der Waals surface area (Å²) in [6, 6.07) is 6.77. The van der Waals surface area contributed by atoms with Crippen molar-refractivity contribution in [1.82, 2.24) is 10.2 Å². The number of benzene rings is 1. The Morgan fingerprint density at radius 1 is 1.24 bits per heavy atom. The standard InChI is InChI=1S/C13H14N4O3S/c14-13(21)8-1-3-9(4-2-8)15-10(18)5-17-6-11(19)16-12(20)7-17/h1-4H,5-7H2,(H2,14,21)(H,15,18)(H,16,19,20). The second-order valence-electron chi connectivity index (χ2n) is 4.61. The van der Waals surface area contributed by atoms with Crippen molar-refractivity contribution >= 4 is 40.6 Å². The molecule has 1 aromatic rings. The number of hydrogen-bond donors (Lipinski definition) is 3. The maximum absolute atomic E-state index is 11.9. The third kappa shape index (κ3) is 4.33. The van der Waals surface area contributed by atoms with E-state index in [9.17, 15) is 14.4 Å². The number of thiocarbonyl (C=S) groups is 1. The monoisotopic (exact) mass is 306 g/mol. The first-order chi connectivity index (χ1) is 9.94. The van der Waals surface area contributed by atoms with Gasteiger partial charge in [-0.2, -0.15) is 0 Å². The van der Waals surface area contributed by atoms with Gasteiger partial charge in [-0.15, -0.1) is 0 Å². The van der Waals surface area contributed by atoms with Crippen LogP contribution in [0.5, 0.6) is 0 Å². The molecule has 0 spiro atoms. The van der Waals surface area contributed by atoms with E-state index in [0.717, 1.165) is 0 Å². The van der Waals surface area contributed by atoms with Crippen molar-refractivity contribution < 1.29 is 14.4 Å². The van der Waals surface area contributed by atoms with Crippen molar-refractivity contribution in [2.75, 3.05) is 25.0 Å². The average Bonchev–Trinajstić information content (AvgIpc) is 2.37. The lowest BCUT2D eigenvalue weighted by atomic mass is 10.2. The van der Waals surface area contributed by atoms with Crippen LogP contribution in [-0.4, -0.2) is 47.2 Å². The van der Waals surface area contributed by atoms with Crippen LogP contribution in [0.15, 0.2) is 24.3 Å². The van der Waals surface area contributed by atoms with Crippen LogP contribution >= 0.6 is 12.2 Å². The molecule has 0 aromatic heterocycles. The van der Waals surface area contributed by atoms with Gasteiger partial charge in [-0.05, 0) is 24.3 Å². The Hall–Kier alpha value is -2.32. The number of carbonyl (C=O) groups is 3. The van der Waals surface area contributed by atoms with E-state index in [2.05, 4.69) is 10.6 Å². The SMILES string of the molecule is NC(=S)c1ccc(NC(=O)CN2CC(=O)NC(=O)C2)cc1. The van der Waals surface area contributed by atoms with E-state index in [1.54, 1.807) is 24.3 Å². The first-order valence-electron chi connectivity index (χ1n) is 6.19. The first-order valence-corrected chi connectivity index (χ1v) is 6.59. The Morgan fingerprint density at radius 3 is 2.33 bits per heavy atom. The number of nitrogens with zero attached hydrogens (tertiary/aromatic N) is 1. The quantitative estimate of drug-likeness (QED) is 0.498. The van der Waals surface area contributed by atoms with Crippen LogP contribution in [0.3, 0.4) is 0 Å². The zero-order chi connectivity index (χ0) is 15.4. The Labute approximate surface area is 126 Å². The molecular formula is C13H14N4O3S. The smallest absolute Gasteiger partial charge is 0.240 e. The summed E-state index contributed by atoms with van der Waals surface area (Å²) >= 11 is 4.84. The Kier molecular flexibility index (Phi) is 4.61. The molecule has 1 saturated heterocycles. The maximum Gasteiger partial charge on any atom is 0.240 e. The van der Waals surface area contributed by atoms with Crippen molar-refractivity contribution in [3.8, 4) is 0 Å². The normalized spacial score (nSPS) is 15.4. The molecule has 4 N–H and O–H groups in total. The molecule has 8 heteroatoms. The summed E-state index contributed by atoms with van der Waals surface area (Å²) in [5, 5.41) is 4.85. The summed E-state index contributed by atoms with van der Waals surface area (Å²) in [7, 11) is 0. The predicted molar refractivity (Wildman–Crippen MR) is 80.5 cm³/mol. The number of amides is 3. The van der Waals surface area contributed by atoms with E-state index >= 15 is 0 Å². The zero-order valence-corrected chi connectivity index (χ0v) is 11.9. The molecule has 2 rings (SSSR count). The zero-order valence-electron chi connectivity index (χ0n) is 11.1. The lowest BCUT2D eigenvalue weighted by molar-refractivity contribution is -0.136. The van der Waals surface area contributed by atoms with E-state index in [1.165, 1.54) is 4.90 Å². The Morgan fingerprint density at radius 2 is 1.81 bits per heavy atom. The van der Waals surface area contributed by atoms with Crippen LogP contribution in [-0.2, 0) is 14.4 Å². The molecule has 0 saturated carbocycles. The van der Waals surface area contributed by atoms with Gasteiger partial charge in [-0.1, -0.05) is 12.2 Å². The molecule has 21 heavy (non-hydrogen) atoms. The van der Waals surface area contributed by atoms with E-state index in [0.29, 0.717) is 11.3 Å². The summed E-state index contributed by atoms with van der Waals surface area (Å²) in [4.78, 5) is 36.0. The minimum absolute atomic E-state index is 0.0273. The van der Waals surface area contributed by atoms with Crippen molar-refractivity contribution in [3.63, 3.8) is 0 Å². The van der Waals surface area contributed by atoms with Gasteiger partial charge in [0.15, 0.2) is 0 Å². The van der Waals surface area contributed by atoms with Crippen LogP contribution in [0, 0.1) is 0 Å². The van der Waals surface area contributed by atoms with Crippen LogP contribution in [0.4, 0.5) is 5.69 Å². The number of rotatable bonds is 4. The molecule has 0 unspecified atom stereocenters. The van der Waals surface area contributed by atoms with Gasteiger partial charge in [0.2, 0.25) is 17.7 Å². The summed E-state index contributed by atoms with van der Waals surface area (Å²) < 4.78 is 0. The van der Waals surface area contributed by atoms with Crippen LogP contribution in [0.25, 0.3) is 0 Å². The molecule has 1 fully saturated rings. The van der Waals surface area contributed by atoms with Gasteiger partial charge >= 0.3 is 0 Å².